The molecule has 0 radical (unpaired) electrons. The summed E-state index contributed by atoms with van der Waals surface area (Å²) in [6.07, 6.45) is 4.29. The van der Waals surface area contributed by atoms with Gasteiger partial charge in [-0.2, -0.15) is 0 Å². The SMILES string of the molecule is NC1=NC2(CO1)c1cc(-c3cncc(Cl)c3)ccc1OC1CCOC[C@@H]12. The molecule has 134 valence electrons. The molecule has 5 rings (SSSR count). The minimum absolute atomic E-state index is 0.0492. The third-order valence-electron chi connectivity index (χ3n) is 5.42. The number of benzene rings is 1. The molecule has 3 aliphatic heterocycles. The number of rotatable bonds is 1. The molecule has 2 aromatic rings. The van der Waals surface area contributed by atoms with Crippen LogP contribution in [0.3, 0.4) is 0 Å². The van der Waals surface area contributed by atoms with Crippen LogP contribution in [0, 0.1) is 5.92 Å². The smallest absolute Gasteiger partial charge is 0.283 e. The lowest BCUT2D eigenvalue weighted by Gasteiger charge is -2.45. The number of hydrogen-bond acceptors (Lipinski definition) is 6. The zero-order chi connectivity index (χ0) is 17.7. The Bertz CT molecular complexity index is 903. The third kappa shape index (κ3) is 2.36. The summed E-state index contributed by atoms with van der Waals surface area (Å²) in [5.41, 5.74) is 8.24. The van der Waals surface area contributed by atoms with Gasteiger partial charge < -0.3 is 19.9 Å². The van der Waals surface area contributed by atoms with Crippen molar-refractivity contribution in [2.75, 3.05) is 19.8 Å². The van der Waals surface area contributed by atoms with Gasteiger partial charge in [0.25, 0.3) is 6.02 Å². The zero-order valence-electron chi connectivity index (χ0n) is 14.0. The van der Waals surface area contributed by atoms with Crippen LogP contribution in [0.2, 0.25) is 5.02 Å². The number of hydrogen-bond donors (Lipinski definition) is 1. The summed E-state index contributed by atoms with van der Waals surface area (Å²) in [5.74, 6) is 0.895. The molecule has 3 atom stereocenters. The molecule has 6 nitrogen and oxygen atoms in total. The van der Waals surface area contributed by atoms with Crippen molar-refractivity contribution in [3.63, 3.8) is 0 Å². The highest BCUT2D eigenvalue weighted by Crippen LogP contribution is 2.50. The second kappa shape index (κ2) is 5.86. The molecule has 0 aliphatic carbocycles. The maximum absolute atomic E-state index is 6.29. The minimum Gasteiger partial charge on any atom is -0.489 e. The van der Waals surface area contributed by atoms with Crippen LogP contribution in [-0.2, 0) is 15.0 Å². The predicted octanol–water partition coefficient (Wildman–Crippen LogP) is 2.74. The van der Waals surface area contributed by atoms with E-state index in [9.17, 15) is 0 Å². The average molecular weight is 372 g/mol. The topological polar surface area (TPSA) is 79.0 Å². The largest absolute Gasteiger partial charge is 0.489 e. The second-order valence-electron chi connectivity index (χ2n) is 6.89. The van der Waals surface area contributed by atoms with Crippen molar-refractivity contribution >= 4 is 17.6 Å². The van der Waals surface area contributed by atoms with Gasteiger partial charge in [0.05, 0.1) is 24.2 Å². The van der Waals surface area contributed by atoms with Crippen molar-refractivity contribution in [1.29, 1.82) is 0 Å². The number of aromatic nitrogens is 1. The van der Waals surface area contributed by atoms with Crippen molar-refractivity contribution in [3.05, 3.63) is 47.2 Å². The fourth-order valence-corrected chi connectivity index (χ4v) is 4.33. The van der Waals surface area contributed by atoms with Crippen molar-refractivity contribution in [3.8, 4) is 16.9 Å². The summed E-state index contributed by atoms with van der Waals surface area (Å²) in [4.78, 5) is 8.91. The van der Waals surface area contributed by atoms with Crippen LogP contribution in [0.4, 0.5) is 0 Å². The Morgan fingerprint density at radius 2 is 2.12 bits per heavy atom. The molecule has 0 amide bonds. The van der Waals surface area contributed by atoms with Crippen LogP contribution in [-0.4, -0.2) is 36.9 Å². The lowest BCUT2D eigenvalue weighted by molar-refractivity contribution is -0.0726. The summed E-state index contributed by atoms with van der Waals surface area (Å²) < 4.78 is 17.6. The first-order chi connectivity index (χ1) is 12.7. The Labute approximate surface area is 155 Å². The van der Waals surface area contributed by atoms with E-state index in [1.807, 2.05) is 18.2 Å². The van der Waals surface area contributed by atoms with E-state index in [-0.39, 0.29) is 18.0 Å². The molecular weight excluding hydrogens is 354 g/mol. The molecule has 2 unspecified atom stereocenters. The fraction of sp³-hybridized carbons (Fsp3) is 0.368. The Morgan fingerprint density at radius 3 is 2.92 bits per heavy atom. The highest BCUT2D eigenvalue weighted by atomic mass is 35.5. The minimum atomic E-state index is -0.579. The van der Waals surface area contributed by atoms with E-state index in [0.717, 1.165) is 28.9 Å². The lowest BCUT2D eigenvalue weighted by atomic mass is 9.72. The first-order valence-electron chi connectivity index (χ1n) is 8.64. The van der Waals surface area contributed by atoms with Gasteiger partial charge in [-0.05, 0) is 23.8 Å². The number of aliphatic imine (C=N–C) groups is 1. The fourth-order valence-electron chi connectivity index (χ4n) is 4.16. The number of nitrogens with zero attached hydrogens (tertiary/aromatic N) is 2. The van der Waals surface area contributed by atoms with Gasteiger partial charge in [-0.1, -0.05) is 17.7 Å². The molecule has 1 fully saturated rings. The molecule has 0 saturated carbocycles. The van der Waals surface area contributed by atoms with Crippen LogP contribution in [0.5, 0.6) is 5.75 Å². The maximum atomic E-state index is 6.29. The van der Waals surface area contributed by atoms with E-state index in [4.69, 9.17) is 36.5 Å². The second-order valence-corrected chi connectivity index (χ2v) is 7.33. The van der Waals surface area contributed by atoms with E-state index >= 15 is 0 Å². The van der Waals surface area contributed by atoms with Crippen LogP contribution < -0.4 is 10.5 Å². The van der Waals surface area contributed by atoms with Gasteiger partial charge in [0.15, 0.2) is 0 Å². The zero-order valence-corrected chi connectivity index (χ0v) is 14.8. The van der Waals surface area contributed by atoms with Gasteiger partial charge in [0.2, 0.25) is 0 Å². The van der Waals surface area contributed by atoms with E-state index in [1.54, 1.807) is 12.4 Å². The number of fused-ring (bicyclic) bond motifs is 4. The van der Waals surface area contributed by atoms with Crippen LogP contribution in [0.1, 0.15) is 12.0 Å². The summed E-state index contributed by atoms with van der Waals surface area (Å²) >= 11 is 6.11. The van der Waals surface area contributed by atoms with Crippen LogP contribution >= 0.6 is 11.6 Å². The first-order valence-corrected chi connectivity index (χ1v) is 9.01. The van der Waals surface area contributed by atoms with Gasteiger partial charge >= 0.3 is 0 Å². The highest BCUT2D eigenvalue weighted by Gasteiger charge is 2.54. The molecule has 1 spiro atoms. The number of pyridine rings is 1. The molecule has 0 bridgehead atoms. The number of amidine groups is 1. The van der Waals surface area contributed by atoms with Crippen molar-refractivity contribution in [2.24, 2.45) is 16.6 Å². The normalized spacial score (nSPS) is 29.3. The summed E-state index contributed by atoms with van der Waals surface area (Å²) in [5, 5.41) is 0.596. The maximum Gasteiger partial charge on any atom is 0.283 e. The molecule has 2 N–H and O–H groups in total. The molecule has 1 aromatic heterocycles. The van der Waals surface area contributed by atoms with Gasteiger partial charge in [-0.15, -0.1) is 0 Å². The summed E-state index contributed by atoms with van der Waals surface area (Å²) in [6, 6.07) is 8.20. The van der Waals surface area contributed by atoms with Crippen molar-refractivity contribution in [1.82, 2.24) is 4.98 Å². The van der Waals surface area contributed by atoms with E-state index in [2.05, 4.69) is 11.1 Å². The molecule has 1 aromatic carbocycles. The van der Waals surface area contributed by atoms with Gasteiger partial charge in [-0.3, -0.25) is 4.98 Å². The van der Waals surface area contributed by atoms with Crippen molar-refractivity contribution < 1.29 is 14.2 Å². The summed E-state index contributed by atoms with van der Waals surface area (Å²) in [7, 11) is 0. The van der Waals surface area contributed by atoms with E-state index in [1.165, 1.54) is 0 Å². The Hall–Kier alpha value is -2.31. The van der Waals surface area contributed by atoms with Gasteiger partial charge in [0.1, 0.15) is 24.0 Å². The van der Waals surface area contributed by atoms with Crippen molar-refractivity contribution in [2.45, 2.75) is 18.1 Å². The third-order valence-corrected chi connectivity index (χ3v) is 5.63. The molecule has 1 saturated heterocycles. The van der Waals surface area contributed by atoms with E-state index < -0.39 is 5.54 Å². The molecule has 3 aliphatic rings. The Kier molecular flexibility index (Phi) is 3.58. The lowest BCUT2D eigenvalue weighted by Crippen LogP contribution is -2.52. The summed E-state index contributed by atoms with van der Waals surface area (Å²) in [6.45, 7) is 1.67. The predicted molar refractivity (Wildman–Crippen MR) is 97.3 cm³/mol. The Morgan fingerprint density at radius 1 is 1.19 bits per heavy atom. The first kappa shape index (κ1) is 15.9. The van der Waals surface area contributed by atoms with Gasteiger partial charge in [-0.25, -0.2) is 4.99 Å². The number of ether oxygens (including phenoxy) is 3. The molecule has 26 heavy (non-hydrogen) atoms. The molecule has 7 heteroatoms. The quantitative estimate of drug-likeness (QED) is 0.833. The van der Waals surface area contributed by atoms with E-state index in [0.29, 0.717) is 24.8 Å². The highest BCUT2D eigenvalue weighted by molar-refractivity contribution is 6.30. The van der Waals surface area contributed by atoms with Gasteiger partial charge in [0, 0.05) is 29.9 Å². The monoisotopic (exact) mass is 371 g/mol. The standard InChI is InChI=1S/C19H18ClN3O3/c20-13-5-12(7-22-8-13)11-1-2-16-14(6-11)19(10-25-18(21)23-19)15-9-24-4-3-17(15)26-16/h1-2,5-8,15,17H,3-4,9-10H2,(H2,21,23)/t15-,17?,19?/m0/s1. The number of nitrogens with two attached hydrogens (primary N) is 1. The Balaban J connectivity index is 1.67. The van der Waals surface area contributed by atoms with Crippen LogP contribution in [0.25, 0.3) is 11.1 Å². The molecular formula is C19H18ClN3O3. The van der Waals surface area contributed by atoms with Crippen LogP contribution in [0.15, 0.2) is 41.7 Å². The number of halogens is 1. The molecule has 4 heterocycles. The average Bonchev–Trinajstić information content (AvgIpc) is 3.04.